The van der Waals surface area contributed by atoms with Crippen LogP contribution in [0.2, 0.25) is 0 Å². The molecule has 11 nitrogen and oxygen atoms in total. The maximum absolute atomic E-state index is 12.4. The Morgan fingerprint density at radius 3 is 2.08 bits per heavy atom. The predicted octanol–water partition coefficient (Wildman–Crippen LogP) is 0.954. The number of likely N-dealkylation sites (tertiary alicyclic amines) is 1. The lowest BCUT2D eigenvalue weighted by molar-refractivity contribution is -0.193. The highest BCUT2D eigenvalue weighted by atomic mass is 19.4. The van der Waals surface area contributed by atoms with E-state index in [4.69, 9.17) is 24.5 Å². The molecule has 1 aromatic heterocycles. The molecule has 3 atom stereocenters. The highest BCUT2D eigenvalue weighted by molar-refractivity contribution is 5.79. The number of nitrogens with one attached hydrogen (secondary N) is 1. The minimum absolute atomic E-state index is 0.0129. The maximum atomic E-state index is 12.4. The van der Waals surface area contributed by atoms with Gasteiger partial charge in [0.1, 0.15) is 0 Å². The van der Waals surface area contributed by atoms with E-state index in [1.807, 2.05) is 38.2 Å². The molecule has 1 amide bonds. The van der Waals surface area contributed by atoms with Crippen molar-refractivity contribution in [3.8, 4) is 0 Å². The van der Waals surface area contributed by atoms with Crippen molar-refractivity contribution in [1.82, 2.24) is 24.9 Å². The summed E-state index contributed by atoms with van der Waals surface area (Å²) < 4.78 is 71.3. The predicted molar refractivity (Wildman–Crippen MR) is 114 cm³/mol. The van der Waals surface area contributed by atoms with Crippen molar-refractivity contribution in [2.45, 2.75) is 37.5 Å². The van der Waals surface area contributed by atoms with E-state index < -0.39 is 24.3 Å². The zero-order valence-electron chi connectivity index (χ0n) is 20.2. The number of likely N-dealkylation sites (N-methyl/N-ethyl adjacent to an activating group) is 1. The molecule has 0 aromatic carbocycles. The van der Waals surface area contributed by atoms with E-state index >= 15 is 0 Å². The summed E-state index contributed by atoms with van der Waals surface area (Å²) in [4.78, 5) is 34.6. The number of carbonyl (C=O) groups excluding carboxylic acids is 1. The van der Waals surface area contributed by atoms with Crippen LogP contribution >= 0.6 is 0 Å². The van der Waals surface area contributed by atoms with Crippen LogP contribution in [-0.4, -0.2) is 112 Å². The molecule has 2 fully saturated rings. The molecule has 2 aliphatic rings. The molecule has 212 valence electrons. The Hall–Kier alpha value is -2.92. The highest BCUT2D eigenvalue weighted by Gasteiger charge is 2.44. The van der Waals surface area contributed by atoms with Gasteiger partial charge in [-0.15, -0.1) is 0 Å². The third-order valence-electron chi connectivity index (χ3n) is 5.08. The Labute approximate surface area is 207 Å². The number of nitrogens with zero attached hydrogens (tertiary/aromatic N) is 4. The summed E-state index contributed by atoms with van der Waals surface area (Å²) in [6.07, 6.45) is -5.19. The average Bonchev–Trinajstić information content (AvgIpc) is 3.28. The number of carboxylic acids is 2. The Morgan fingerprint density at radius 1 is 1.11 bits per heavy atom. The van der Waals surface area contributed by atoms with E-state index in [2.05, 4.69) is 20.2 Å². The molecule has 2 saturated heterocycles. The molecule has 2 bridgehead atoms. The third-order valence-corrected chi connectivity index (χ3v) is 5.08. The highest BCUT2D eigenvalue weighted by Crippen LogP contribution is 2.32. The van der Waals surface area contributed by atoms with Crippen LogP contribution < -0.4 is 5.32 Å². The maximum Gasteiger partial charge on any atom is 0.490 e. The minimum Gasteiger partial charge on any atom is -0.475 e. The van der Waals surface area contributed by atoms with Crippen LogP contribution in [-0.2, 0) is 32.7 Å². The van der Waals surface area contributed by atoms with E-state index in [0.29, 0.717) is 6.54 Å². The van der Waals surface area contributed by atoms with Gasteiger partial charge in [0, 0.05) is 51.5 Å². The summed E-state index contributed by atoms with van der Waals surface area (Å²) >= 11 is 0. The van der Waals surface area contributed by atoms with Crippen molar-refractivity contribution >= 4 is 17.8 Å². The number of carbonyl (C=O) groups is 3. The number of halogens is 6. The number of aryl methyl sites for hydroxylation is 1. The molecule has 17 heteroatoms. The van der Waals surface area contributed by atoms with Gasteiger partial charge in [0.2, 0.25) is 5.91 Å². The van der Waals surface area contributed by atoms with E-state index in [0.717, 1.165) is 32.6 Å². The summed E-state index contributed by atoms with van der Waals surface area (Å²) in [5, 5.41) is 21.5. The Kier molecular flexibility index (Phi) is 11.8. The van der Waals surface area contributed by atoms with Crippen molar-refractivity contribution in [3.63, 3.8) is 0 Å². The molecular formula is C20H29F6N5O6. The fourth-order valence-electron chi connectivity index (χ4n) is 3.49. The molecule has 37 heavy (non-hydrogen) atoms. The summed E-state index contributed by atoms with van der Waals surface area (Å²) in [5.74, 6) is -5.39. The summed E-state index contributed by atoms with van der Waals surface area (Å²) in [6, 6.07) is 0. The molecule has 0 radical (unpaired) electrons. The molecular weight excluding hydrogens is 520 g/mol. The number of fused-ring (bicyclic) bond motifs is 2. The van der Waals surface area contributed by atoms with Crippen LogP contribution in [0.4, 0.5) is 26.3 Å². The normalized spacial score (nSPS) is 21.4. The van der Waals surface area contributed by atoms with E-state index in [1.54, 1.807) is 0 Å². The Balaban J connectivity index is 0.000000404. The van der Waals surface area contributed by atoms with Gasteiger partial charge in [-0.2, -0.15) is 31.4 Å². The van der Waals surface area contributed by atoms with Crippen molar-refractivity contribution in [3.05, 3.63) is 18.0 Å². The quantitative estimate of drug-likeness (QED) is 0.443. The molecule has 3 N–H and O–H groups in total. The summed E-state index contributed by atoms with van der Waals surface area (Å²) in [7, 11) is 5.95. The van der Waals surface area contributed by atoms with Crippen molar-refractivity contribution in [2.24, 2.45) is 13.0 Å². The molecule has 3 heterocycles. The molecule has 0 spiro atoms. The zero-order valence-corrected chi connectivity index (χ0v) is 20.2. The first-order valence-electron chi connectivity index (χ1n) is 10.8. The lowest BCUT2D eigenvalue weighted by Crippen LogP contribution is -2.45. The van der Waals surface area contributed by atoms with E-state index in [1.165, 1.54) is 5.56 Å². The Morgan fingerprint density at radius 2 is 1.65 bits per heavy atom. The topological polar surface area (TPSA) is 137 Å². The second-order valence-corrected chi connectivity index (χ2v) is 8.56. The monoisotopic (exact) mass is 549 g/mol. The van der Waals surface area contributed by atoms with Gasteiger partial charge in [-0.1, -0.05) is 0 Å². The fraction of sp³-hybridized carbons (Fsp3) is 0.700. The zero-order chi connectivity index (χ0) is 28.6. The number of morpholine rings is 1. The first kappa shape index (κ1) is 32.1. The van der Waals surface area contributed by atoms with Gasteiger partial charge >= 0.3 is 24.3 Å². The van der Waals surface area contributed by atoms with Crippen LogP contribution in [0.1, 0.15) is 12.0 Å². The minimum atomic E-state index is -5.08. The largest absolute Gasteiger partial charge is 0.490 e. The number of ether oxygens (including phenoxy) is 1. The van der Waals surface area contributed by atoms with Crippen molar-refractivity contribution < 1.29 is 55.7 Å². The first-order valence-corrected chi connectivity index (χ1v) is 10.8. The molecule has 3 unspecified atom stereocenters. The molecule has 0 saturated carbocycles. The number of rotatable bonds is 6. The van der Waals surface area contributed by atoms with Gasteiger partial charge in [-0.05, 0) is 20.5 Å². The van der Waals surface area contributed by atoms with Crippen LogP contribution in [0, 0.1) is 5.92 Å². The van der Waals surface area contributed by atoms with Gasteiger partial charge in [0.05, 0.1) is 24.3 Å². The number of amides is 1. The lowest BCUT2D eigenvalue weighted by Gasteiger charge is -2.32. The standard InChI is InChI=1S/C16H27N5O2.2C2HF3O2/c1-19(2)5-4-17-16(22)14-6-13-10-21(11-15(14)23-13)9-12-7-18-20(3)8-12;2*3-2(4,5)1(6)7/h7-8,13-15H,4-6,9-11H2,1-3H3,(H,17,22);2*(H,6,7). The molecule has 0 aliphatic carbocycles. The lowest BCUT2D eigenvalue weighted by atomic mass is 9.99. The third kappa shape index (κ3) is 11.8. The van der Waals surface area contributed by atoms with Crippen LogP contribution in [0.25, 0.3) is 0 Å². The van der Waals surface area contributed by atoms with Gasteiger partial charge in [-0.25, -0.2) is 9.59 Å². The van der Waals surface area contributed by atoms with Gasteiger partial charge in [-0.3, -0.25) is 14.4 Å². The van der Waals surface area contributed by atoms with E-state index in [9.17, 15) is 31.1 Å². The van der Waals surface area contributed by atoms with Crippen molar-refractivity contribution in [2.75, 3.05) is 40.3 Å². The summed E-state index contributed by atoms with van der Waals surface area (Å²) in [6.45, 7) is 4.14. The number of alkyl halides is 6. The van der Waals surface area contributed by atoms with Gasteiger partial charge in [0.25, 0.3) is 0 Å². The number of aromatic nitrogens is 2. The number of carboxylic acid groups (broad SMARTS) is 2. The van der Waals surface area contributed by atoms with E-state index in [-0.39, 0.29) is 24.0 Å². The van der Waals surface area contributed by atoms with Crippen molar-refractivity contribution in [1.29, 1.82) is 0 Å². The molecule has 1 aromatic rings. The Bertz CT molecular complexity index is 883. The van der Waals surface area contributed by atoms with Gasteiger partial charge < -0.3 is 25.2 Å². The van der Waals surface area contributed by atoms with Crippen LogP contribution in [0.5, 0.6) is 0 Å². The average molecular weight is 549 g/mol. The second-order valence-electron chi connectivity index (χ2n) is 8.56. The van der Waals surface area contributed by atoms with Crippen LogP contribution in [0.15, 0.2) is 12.4 Å². The molecule has 3 rings (SSSR count). The molecule has 2 aliphatic heterocycles. The summed E-state index contributed by atoms with van der Waals surface area (Å²) in [5.41, 5.74) is 1.21. The number of aliphatic carboxylic acids is 2. The number of hydrogen-bond acceptors (Lipinski definition) is 7. The second kappa shape index (κ2) is 13.6. The number of hydrogen-bond donors (Lipinski definition) is 3. The fourth-order valence-corrected chi connectivity index (χ4v) is 3.49. The SMILES string of the molecule is CN(C)CCNC(=O)C1CC2CN(Cc3cnn(C)c3)CC1O2.O=C(O)C(F)(F)F.O=C(O)C(F)(F)F. The smallest absolute Gasteiger partial charge is 0.475 e. The van der Waals surface area contributed by atoms with Crippen LogP contribution in [0.3, 0.4) is 0 Å². The first-order chi connectivity index (χ1) is 16.9. The van der Waals surface area contributed by atoms with Gasteiger partial charge in [0.15, 0.2) is 0 Å².